The predicted octanol–water partition coefficient (Wildman–Crippen LogP) is 4.37. The van der Waals surface area contributed by atoms with Crippen molar-refractivity contribution in [3.05, 3.63) is 57.9 Å². The van der Waals surface area contributed by atoms with Crippen LogP contribution in [-0.2, 0) is 6.42 Å². The molecule has 3 aromatic rings. The van der Waals surface area contributed by atoms with E-state index in [1.807, 2.05) is 26.8 Å². The Balaban J connectivity index is 1.57. The molecule has 0 fully saturated rings. The van der Waals surface area contributed by atoms with Crippen molar-refractivity contribution in [3.63, 3.8) is 0 Å². The van der Waals surface area contributed by atoms with Crippen LogP contribution in [0.5, 0.6) is 0 Å². The van der Waals surface area contributed by atoms with Crippen LogP contribution in [0.2, 0.25) is 0 Å². The Morgan fingerprint density at radius 1 is 1.08 bits per heavy atom. The fourth-order valence-electron chi connectivity index (χ4n) is 3.07. The molecule has 0 aliphatic heterocycles. The van der Waals surface area contributed by atoms with Gasteiger partial charge in [-0.15, -0.1) is 11.3 Å². The van der Waals surface area contributed by atoms with Gasteiger partial charge in [0, 0.05) is 17.6 Å². The van der Waals surface area contributed by atoms with E-state index in [0.717, 1.165) is 51.4 Å². The lowest BCUT2D eigenvalue weighted by atomic mass is 10.1. The first kappa shape index (κ1) is 17.5. The van der Waals surface area contributed by atoms with Crippen LogP contribution in [-0.4, -0.2) is 22.4 Å². The van der Waals surface area contributed by atoms with Gasteiger partial charge in [0.15, 0.2) is 0 Å². The van der Waals surface area contributed by atoms with Crippen LogP contribution < -0.4 is 5.32 Å². The standard InChI is InChI=1S/C20H23N3OS/c1-13-17-14(2)22-15(3)23-20(17)25-18(13)19(24)21-12-8-7-11-16-9-5-4-6-10-16/h4-6,9-10H,7-8,11-12H2,1-3H3,(H,21,24). The summed E-state index contributed by atoms with van der Waals surface area (Å²) in [6.07, 6.45) is 3.09. The van der Waals surface area contributed by atoms with Crippen LogP contribution in [0.25, 0.3) is 10.2 Å². The summed E-state index contributed by atoms with van der Waals surface area (Å²) in [5, 5.41) is 4.06. The molecule has 0 unspecified atom stereocenters. The molecule has 4 nitrogen and oxygen atoms in total. The van der Waals surface area contributed by atoms with Crippen molar-refractivity contribution < 1.29 is 4.79 Å². The van der Waals surface area contributed by atoms with Crippen molar-refractivity contribution in [2.75, 3.05) is 6.54 Å². The lowest BCUT2D eigenvalue weighted by Gasteiger charge is -2.05. The fraction of sp³-hybridized carbons (Fsp3) is 0.350. The Bertz CT molecular complexity index is 887. The van der Waals surface area contributed by atoms with Gasteiger partial charge in [-0.05, 0) is 51.2 Å². The third kappa shape index (κ3) is 4.04. The van der Waals surface area contributed by atoms with E-state index < -0.39 is 0 Å². The number of thiophene rings is 1. The average molecular weight is 353 g/mol. The van der Waals surface area contributed by atoms with Gasteiger partial charge in [-0.3, -0.25) is 4.79 Å². The molecule has 130 valence electrons. The molecule has 0 spiro atoms. The van der Waals surface area contributed by atoms with Crippen LogP contribution in [0.1, 0.15) is 45.2 Å². The van der Waals surface area contributed by atoms with E-state index in [0.29, 0.717) is 6.54 Å². The van der Waals surface area contributed by atoms with Gasteiger partial charge in [0.25, 0.3) is 5.91 Å². The first-order valence-electron chi connectivity index (χ1n) is 8.62. The zero-order valence-corrected chi connectivity index (χ0v) is 15.7. The first-order chi connectivity index (χ1) is 12.1. The number of hydrogen-bond donors (Lipinski definition) is 1. The van der Waals surface area contributed by atoms with Gasteiger partial charge < -0.3 is 5.32 Å². The van der Waals surface area contributed by atoms with E-state index >= 15 is 0 Å². The smallest absolute Gasteiger partial charge is 0.261 e. The summed E-state index contributed by atoms with van der Waals surface area (Å²) in [5.74, 6) is 0.747. The van der Waals surface area contributed by atoms with Gasteiger partial charge in [0.1, 0.15) is 10.7 Å². The molecular weight excluding hydrogens is 330 g/mol. The largest absolute Gasteiger partial charge is 0.351 e. The van der Waals surface area contributed by atoms with E-state index in [1.165, 1.54) is 16.9 Å². The zero-order chi connectivity index (χ0) is 17.8. The van der Waals surface area contributed by atoms with Gasteiger partial charge in [-0.2, -0.15) is 0 Å². The monoisotopic (exact) mass is 353 g/mol. The number of rotatable bonds is 6. The maximum Gasteiger partial charge on any atom is 0.261 e. The molecule has 0 aliphatic carbocycles. The predicted molar refractivity (Wildman–Crippen MR) is 103 cm³/mol. The molecule has 5 heteroatoms. The van der Waals surface area contributed by atoms with Crippen molar-refractivity contribution in [2.24, 2.45) is 0 Å². The number of hydrogen-bond acceptors (Lipinski definition) is 4. The molecule has 25 heavy (non-hydrogen) atoms. The number of nitrogens with one attached hydrogen (secondary N) is 1. The normalized spacial score (nSPS) is 11.0. The van der Waals surface area contributed by atoms with Crippen molar-refractivity contribution in [1.82, 2.24) is 15.3 Å². The van der Waals surface area contributed by atoms with Gasteiger partial charge in [-0.1, -0.05) is 30.3 Å². The lowest BCUT2D eigenvalue weighted by molar-refractivity contribution is 0.0956. The van der Waals surface area contributed by atoms with Gasteiger partial charge >= 0.3 is 0 Å². The number of unbranched alkanes of at least 4 members (excludes halogenated alkanes) is 1. The highest BCUT2D eigenvalue weighted by molar-refractivity contribution is 7.20. The van der Waals surface area contributed by atoms with Crippen LogP contribution in [0, 0.1) is 20.8 Å². The molecule has 0 bridgehead atoms. The van der Waals surface area contributed by atoms with E-state index in [1.54, 1.807) is 0 Å². The molecule has 1 amide bonds. The molecule has 0 aliphatic rings. The summed E-state index contributed by atoms with van der Waals surface area (Å²) in [6, 6.07) is 10.4. The Kier molecular flexibility index (Phi) is 5.43. The molecular formula is C20H23N3OS. The second-order valence-corrected chi connectivity index (χ2v) is 7.29. The fourth-order valence-corrected chi connectivity index (χ4v) is 4.27. The maximum absolute atomic E-state index is 12.5. The number of benzene rings is 1. The molecule has 1 aromatic carbocycles. The second kappa shape index (κ2) is 7.74. The van der Waals surface area contributed by atoms with Crippen LogP contribution in [0.3, 0.4) is 0 Å². The molecule has 0 saturated carbocycles. The van der Waals surface area contributed by atoms with Crippen molar-refractivity contribution in [2.45, 2.75) is 40.0 Å². The molecule has 1 N–H and O–H groups in total. The maximum atomic E-state index is 12.5. The van der Waals surface area contributed by atoms with E-state index in [2.05, 4.69) is 39.6 Å². The van der Waals surface area contributed by atoms with Gasteiger partial charge in [0.05, 0.1) is 4.88 Å². The summed E-state index contributed by atoms with van der Waals surface area (Å²) in [4.78, 5) is 23.1. The van der Waals surface area contributed by atoms with E-state index in [9.17, 15) is 4.79 Å². The highest BCUT2D eigenvalue weighted by atomic mass is 32.1. The summed E-state index contributed by atoms with van der Waals surface area (Å²) in [5.41, 5.74) is 3.27. The number of fused-ring (bicyclic) bond motifs is 1. The number of aromatic nitrogens is 2. The minimum absolute atomic E-state index is 0.00253. The minimum Gasteiger partial charge on any atom is -0.351 e. The van der Waals surface area contributed by atoms with Crippen LogP contribution in [0.15, 0.2) is 30.3 Å². The van der Waals surface area contributed by atoms with Gasteiger partial charge in [-0.25, -0.2) is 9.97 Å². The summed E-state index contributed by atoms with van der Waals surface area (Å²) < 4.78 is 0. The second-order valence-electron chi connectivity index (χ2n) is 6.29. The number of amides is 1. The van der Waals surface area contributed by atoms with Crippen molar-refractivity contribution in [1.29, 1.82) is 0 Å². The summed E-state index contributed by atoms with van der Waals surface area (Å²) in [7, 11) is 0. The zero-order valence-electron chi connectivity index (χ0n) is 14.9. The molecule has 2 heterocycles. The number of nitrogens with zero attached hydrogens (tertiary/aromatic N) is 2. The molecule has 0 atom stereocenters. The lowest BCUT2D eigenvalue weighted by Crippen LogP contribution is -2.24. The summed E-state index contributed by atoms with van der Waals surface area (Å²) >= 11 is 1.46. The summed E-state index contributed by atoms with van der Waals surface area (Å²) in [6.45, 7) is 6.54. The molecule has 0 saturated heterocycles. The number of aryl methyl sites for hydroxylation is 4. The Morgan fingerprint density at radius 2 is 1.84 bits per heavy atom. The number of carbonyl (C=O) groups is 1. The first-order valence-corrected chi connectivity index (χ1v) is 9.44. The van der Waals surface area contributed by atoms with Crippen LogP contribution in [0.4, 0.5) is 0 Å². The molecule has 2 aromatic heterocycles. The Labute approximate surface area is 152 Å². The average Bonchev–Trinajstić information content (AvgIpc) is 2.92. The topological polar surface area (TPSA) is 54.9 Å². The van der Waals surface area contributed by atoms with E-state index in [-0.39, 0.29) is 5.91 Å². The third-order valence-corrected chi connectivity index (χ3v) is 5.49. The Morgan fingerprint density at radius 3 is 2.60 bits per heavy atom. The highest BCUT2D eigenvalue weighted by Gasteiger charge is 2.18. The molecule has 3 rings (SSSR count). The van der Waals surface area contributed by atoms with Crippen LogP contribution >= 0.6 is 11.3 Å². The van der Waals surface area contributed by atoms with Gasteiger partial charge in [0.2, 0.25) is 0 Å². The van der Waals surface area contributed by atoms with E-state index in [4.69, 9.17) is 0 Å². The SMILES string of the molecule is Cc1nc(C)c2c(C)c(C(=O)NCCCCc3ccccc3)sc2n1. The highest BCUT2D eigenvalue weighted by Crippen LogP contribution is 2.31. The quantitative estimate of drug-likeness (QED) is 0.670. The number of carbonyl (C=O) groups excluding carboxylic acids is 1. The minimum atomic E-state index is -0.00253. The Hall–Kier alpha value is -2.27. The van der Waals surface area contributed by atoms with Crippen molar-refractivity contribution >= 4 is 27.5 Å². The third-order valence-electron chi connectivity index (χ3n) is 4.31. The van der Waals surface area contributed by atoms with Crippen molar-refractivity contribution in [3.8, 4) is 0 Å². The molecule has 0 radical (unpaired) electrons.